The van der Waals surface area contributed by atoms with E-state index in [1.54, 1.807) is 0 Å². The minimum absolute atomic E-state index is 0.151. The standard InChI is InChI=1S/C35H41F3N4O3/c36-35(37,38)29-14-11-28(12-15-29)23-42(24-32(43)44)33(45)30-22-39-34(40-31(30)16-13-25-7-3-1-4-8-25)41-19-17-27(18-20-41)21-26-9-5-2-6-10-26/h2,5-6,9-12,14-15,22,25,27H,1,3-4,7-8,13,16-21,23-24H2,(H,43,44). The van der Waals surface area contributed by atoms with Crippen LogP contribution in [0.1, 0.15) is 84.1 Å². The zero-order valence-corrected chi connectivity index (χ0v) is 25.5. The molecule has 2 aromatic carbocycles. The Morgan fingerprint density at radius 1 is 0.889 bits per heavy atom. The molecule has 0 atom stereocenters. The van der Waals surface area contributed by atoms with Gasteiger partial charge in [0.1, 0.15) is 6.54 Å². The molecule has 1 aliphatic heterocycles. The molecule has 1 aromatic heterocycles. The number of halogens is 3. The van der Waals surface area contributed by atoms with Crippen LogP contribution in [0.15, 0.2) is 60.8 Å². The van der Waals surface area contributed by atoms with Crippen molar-refractivity contribution in [3.05, 3.63) is 88.7 Å². The number of hydrogen-bond acceptors (Lipinski definition) is 5. The van der Waals surface area contributed by atoms with E-state index in [9.17, 15) is 27.9 Å². The molecule has 10 heteroatoms. The fourth-order valence-electron chi connectivity index (χ4n) is 6.58. The number of hydrogen-bond donors (Lipinski definition) is 1. The summed E-state index contributed by atoms with van der Waals surface area (Å²) in [6.45, 7) is 0.873. The Hall–Kier alpha value is -3.95. The van der Waals surface area contributed by atoms with Crippen molar-refractivity contribution in [2.24, 2.45) is 11.8 Å². The molecule has 0 bridgehead atoms. The van der Waals surface area contributed by atoms with Crippen molar-refractivity contribution in [3.8, 4) is 0 Å². The van der Waals surface area contributed by atoms with Gasteiger partial charge in [-0.15, -0.1) is 0 Å². The third-order valence-corrected chi connectivity index (χ3v) is 9.13. The van der Waals surface area contributed by atoms with Gasteiger partial charge >= 0.3 is 12.1 Å². The van der Waals surface area contributed by atoms with E-state index < -0.39 is 30.2 Å². The maximum absolute atomic E-state index is 13.9. The Labute approximate surface area is 262 Å². The second-order valence-electron chi connectivity index (χ2n) is 12.4. The minimum Gasteiger partial charge on any atom is -0.480 e. The fourth-order valence-corrected chi connectivity index (χ4v) is 6.58. The second kappa shape index (κ2) is 14.9. The van der Waals surface area contributed by atoms with Crippen molar-refractivity contribution in [1.29, 1.82) is 0 Å². The number of carboxylic acid groups (broad SMARTS) is 1. The highest BCUT2D eigenvalue weighted by Crippen LogP contribution is 2.31. The maximum atomic E-state index is 13.9. The Bertz CT molecular complexity index is 1420. The molecule has 240 valence electrons. The predicted molar refractivity (Wildman–Crippen MR) is 166 cm³/mol. The topological polar surface area (TPSA) is 86.6 Å². The average molecular weight is 623 g/mol. The summed E-state index contributed by atoms with van der Waals surface area (Å²) >= 11 is 0. The predicted octanol–water partition coefficient (Wildman–Crippen LogP) is 7.19. The quantitative estimate of drug-likeness (QED) is 0.244. The van der Waals surface area contributed by atoms with Crippen LogP contribution in [0.3, 0.4) is 0 Å². The van der Waals surface area contributed by atoms with Gasteiger partial charge < -0.3 is 14.9 Å². The number of carboxylic acids is 1. The normalized spacial score (nSPS) is 16.5. The molecule has 2 heterocycles. The van der Waals surface area contributed by atoms with Crippen molar-refractivity contribution < 1.29 is 27.9 Å². The summed E-state index contributed by atoms with van der Waals surface area (Å²) in [4.78, 5) is 38.4. The number of aryl methyl sites for hydroxylation is 1. The van der Waals surface area contributed by atoms with Crippen molar-refractivity contribution in [2.45, 2.75) is 76.9 Å². The lowest BCUT2D eigenvalue weighted by Gasteiger charge is -2.32. The summed E-state index contributed by atoms with van der Waals surface area (Å²) < 4.78 is 39.2. The molecule has 1 amide bonds. The van der Waals surface area contributed by atoms with Crippen LogP contribution in [0, 0.1) is 11.8 Å². The number of alkyl halides is 3. The monoisotopic (exact) mass is 622 g/mol. The number of rotatable bonds is 11. The van der Waals surface area contributed by atoms with Gasteiger partial charge in [0.05, 0.1) is 16.8 Å². The Kier molecular flexibility index (Phi) is 10.7. The van der Waals surface area contributed by atoms with Gasteiger partial charge in [0.2, 0.25) is 5.95 Å². The first-order chi connectivity index (χ1) is 21.7. The van der Waals surface area contributed by atoms with Gasteiger partial charge in [-0.25, -0.2) is 9.97 Å². The van der Waals surface area contributed by atoms with Crippen molar-refractivity contribution >= 4 is 17.8 Å². The van der Waals surface area contributed by atoms with Crippen LogP contribution < -0.4 is 4.90 Å². The van der Waals surface area contributed by atoms with Crippen LogP contribution in [0.4, 0.5) is 19.1 Å². The number of aromatic nitrogens is 2. The molecule has 5 rings (SSSR count). The number of piperidine rings is 1. The van der Waals surface area contributed by atoms with E-state index in [4.69, 9.17) is 4.98 Å². The van der Waals surface area contributed by atoms with Gasteiger partial charge in [-0.2, -0.15) is 13.2 Å². The van der Waals surface area contributed by atoms with Gasteiger partial charge in [-0.3, -0.25) is 9.59 Å². The highest BCUT2D eigenvalue weighted by Gasteiger charge is 2.31. The first-order valence-electron chi connectivity index (χ1n) is 16.0. The summed E-state index contributed by atoms with van der Waals surface area (Å²) in [5, 5.41) is 9.60. The third kappa shape index (κ3) is 9.05. The summed E-state index contributed by atoms with van der Waals surface area (Å²) in [6, 6.07) is 14.9. The van der Waals surface area contributed by atoms with E-state index in [2.05, 4.69) is 34.1 Å². The first-order valence-corrected chi connectivity index (χ1v) is 16.0. The molecule has 1 aliphatic carbocycles. The molecule has 2 aliphatic rings. The van der Waals surface area contributed by atoms with E-state index in [1.807, 2.05) is 6.07 Å². The fraction of sp³-hybridized carbons (Fsp3) is 0.486. The number of aliphatic carboxylic acids is 1. The van der Waals surface area contributed by atoms with E-state index >= 15 is 0 Å². The molecule has 0 spiro atoms. The lowest BCUT2D eigenvalue weighted by Crippen LogP contribution is -2.37. The summed E-state index contributed by atoms with van der Waals surface area (Å²) in [5.74, 6) is -0.0453. The molecule has 1 saturated carbocycles. The van der Waals surface area contributed by atoms with Gasteiger partial charge in [0, 0.05) is 25.8 Å². The average Bonchev–Trinajstić information content (AvgIpc) is 3.04. The molecule has 0 unspecified atom stereocenters. The van der Waals surface area contributed by atoms with Crippen LogP contribution in [-0.4, -0.2) is 51.5 Å². The van der Waals surface area contributed by atoms with Crippen LogP contribution in [-0.2, 0) is 30.4 Å². The largest absolute Gasteiger partial charge is 0.480 e. The molecular weight excluding hydrogens is 581 g/mol. The lowest BCUT2D eigenvalue weighted by atomic mass is 9.85. The third-order valence-electron chi connectivity index (χ3n) is 9.13. The second-order valence-corrected chi connectivity index (χ2v) is 12.4. The van der Waals surface area contributed by atoms with Crippen molar-refractivity contribution in [3.63, 3.8) is 0 Å². The number of anilines is 1. The van der Waals surface area contributed by atoms with Crippen LogP contribution >= 0.6 is 0 Å². The minimum atomic E-state index is -4.49. The van der Waals surface area contributed by atoms with E-state index in [0.29, 0.717) is 35.5 Å². The number of benzene rings is 2. The molecule has 7 nitrogen and oxygen atoms in total. The van der Waals surface area contributed by atoms with Gasteiger partial charge in [0.15, 0.2) is 0 Å². The molecule has 1 saturated heterocycles. The maximum Gasteiger partial charge on any atom is 0.416 e. The van der Waals surface area contributed by atoms with Crippen LogP contribution in [0.5, 0.6) is 0 Å². The zero-order chi connectivity index (χ0) is 31.8. The van der Waals surface area contributed by atoms with E-state index in [1.165, 1.54) is 43.2 Å². The molecule has 45 heavy (non-hydrogen) atoms. The number of carbonyl (C=O) groups excluding carboxylic acids is 1. The van der Waals surface area contributed by atoms with E-state index in [-0.39, 0.29) is 12.1 Å². The molecular formula is C35H41F3N4O3. The van der Waals surface area contributed by atoms with Crippen LogP contribution in [0.2, 0.25) is 0 Å². The highest BCUT2D eigenvalue weighted by atomic mass is 19.4. The number of carbonyl (C=O) groups is 2. The lowest BCUT2D eigenvalue weighted by molar-refractivity contribution is -0.138. The molecule has 1 N–H and O–H groups in total. The first kappa shape index (κ1) is 32.4. The highest BCUT2D eigenvalue weighted by molar-refractivity contribution is 5.96. The Morgan fingerprint density at radius 2 is 1.58 bits per heavy atom. The number of nitrogens with zero attached hydrogens (tertiary/aromatic N) is 4. The summed E-state index contributed by atoms with van der Waals surface area (Å²) in [5.41, 5.74) is 1.78. The molecule has 2 fully saturated rings. The molecule has 0 radical (unpaired) electrons. The molecule has 3 aromatic rings. The van der Waals surface area contributed by atoms with Crippen molar-refractivity contribution in [2.75, 3.05) is 24.5 Å². The van der Waals surface area contributed by atoms with Crippen LogP contribution in [0.25, 0.3) is 0 Å². The van der Waals surface area contributed by atoms with Gasteiger partial charge in [0.25, 0.3) is 5.91 Å². The van der Waals surface area contributed by atoms with Gasteiger partial charge in [-0.05, 0) is 67.2 Å². The van der Waals surface area contributed by atoms with Gasteiger partial charge in [-0.1, -0.05) is 74.6 Å². The van der Waals surface area contributed by atoms with Crippen molar-refractivity contribution in [1.82, 2.24) is 14.9 Å². The SMILES string of the molecule is O=C(O)CN(Cc1ccc(C(F)(F)F)cc1)C(=O)c1cnc(N2CCC(Cc3ccccc3)CC2)nc1CCC1CCCCC1. The zero-order valence-electron chi connectivity index (χ0n) is 25.5. The summed E-state index contributed by atoms with van der Waals surface area (Å²) in [6.07, 6.45) is 7.47. The Morgan fingerprint density at radius 3 is 2.22 bits per heavy atom. The summed E-state index contributed by atoms with van der Waals surface area (Å²) in [7, 11) is 0. The smallest absolute Gasteiger partial charge is 0.416 e. The Balaban J connectivity index is 1.34. The van der Waals surface area contributed by atoms with E-state index in [0.717, 1.165) is 68.6 Å². The number of amides is 1.